The highest BCUT2D eigenvalue weighted by atomic mass is 35.5. The Kier molecular flexibility index (Phi) is 3.03. The predicted molar refractivity (Wildman–Crippen MR) is 56.6 cm³/mol. The summed E-state index contributed by atoms with van der Waals surface area (Å²) in [6, 6.07) is 2.02. The Bertz CT molecular complexity index is 389. The van der Waals surface area contributed by atoms with Crippen LogP contribution in [0.3, 0.4) is 0 Å². The quantitative estimate of drug-likeness (QED) is 0.773. The van der Waals surface area contributed by atoms with Crippen LogP contribution in [0.2, 0.25) is 5.02 Å². The minimum absolute atomic E-state index is 0.193. The van der Waals surface area contributed by atoms with Gasteiger partial charge in [-0.2, -0.15) is 5.26 Å². The standard InChI is InChI=1S/C11H12ClNO/c1-6-7(2)11(14)9(4-5-13)8(3)10(6)12/h14H,4H2,1-3H3. The Hall–Kier alpha value is -1.20. The molecule has 1 aromatic carbocycles. The van der Waals surface area contributed by atoms with Gasteiger partial charge in [0.1, 0.15) is 5.75 Å². The van der Waals surface area contributed by atoms with Crippen LogP contribution in [0, 0.1) is 32.1 Å². The zero-order valence-electron chi connectivity index (χ0n) is 8.48. The molecule has 0 radical (unpaired) electrons. The summed E-state index contributed by atoms with van der Waals surface area (Å²) < 4.78 is 0. The molecule has 2 nitrogen and oxygen atoms in total. The normalized spacial score (nSPS) is 9.93. The average Bonchev–Trinajstić information content (AvgIpc) is 2.19. The van der Waals surface area contributed by atoms with Crippen molar-refractivity contribution >= 4 is 11.6 Å². The molecule has 1 N–H and O–H groups in total. The van der Waals surface area contributed by atoms with Gasteiger partial charge < -0.3 is 5.11 Å². The summed E-state index contributed by atoms with van der Waals surface area (Å²) in [5.41, 5.74) is 3.07. The number of phenolic OH excluding ortho intramolecular Hbond substituents is 1. The molecule has 0 bridgehead atoms. The van der Waals surface area contributed by atoms with E-state index in [0.717, 1.165) is 16.7 Å². The highest BCUT2D eigenvalue weighted by Crippen LogP contribution is 2.34. The van der Waals surface area contributed by atoms with E-state index in [1.807, 2.05) is 19.9 Å². The van der Waals surface area contributed by atoms with Crippen LogP contribution in [0.5, 0.6) is 5.75 Å². The van der Waals surface area contributed by atoms with Crippen LogP contribution in [-0.4, -0.2) is 5.11 Å². The minimum atomic E-state index is 0.193. The summed E-state index contributed by atoms with van der Waals surface area (Å²) in [7, 11) is 0. The van der Waals surface area contributed by atoms with E-state index in [9.17, 15) is 5.11 Å². The third-order valence-corrected chi connectivity index (χ3v) is 3.14. The molecule has 0 heterocycles. The SMILES string of the molecule is Cc1c(C)c(Cl)c(C)c(CC#N)c1O. The number of rotatable bonds is 1. The van der Waals surface area contributed by atoms with Crippen molar-refractivity contribution < 1.29 is 5.11 Å². The summed E-state index contributed by atoms with van der Waals surface area (Å²) in [4.78, 5) is 0. The Morgan fingerprint density at radius 3 is 2.29 bits per heavy atom. The van der Waals surface area contributed by atoms with Gasteiger partial charge in [0.05, 0.1) is 12.5 Å². The second-order valence-electron chi connectivity index (χ2n) is 3.35. The maximum atomic E-state index is 9.81. The van der Waals surface area contributed by atoms with Gasteiger partial charge in [-0.05, 0) is 37.5 Å². The highest BCUT2D eigenvalue weighted by molar-refractivity contribution is 6.32. The van der Waals surface area contributed by atoms with E-state index >= 15 is 0 Å². The van der Waals surface area contributed by atoms with Gasteiger partial charge in [-0.25, -0.2) is 0 Å². The van der Waals surface area contributed by atoms with Gasteiger partial charge in [0, 0.05) is 10.6 Å². The number of nitrogens with zero attached hydrogens (tertiary/aromatic N) is 1. The number of aromatic hydroxyl groups is 1. The van der Waals surface area contributed by atoms with Gasteiger partial charge in [-0.15, -0.1) is 0 Å². The maximum Gasteiger partial charge on any atom is 0.123 e. The topological polar surface area (TPSA) is 44.0 Å². The summed E-state index contributed by atoms with van der Waals surface area (Å²) in [5, 5.41) is 19.1. The predicted octanol–water partition coefficient (Wildman–Crippen LogP) is 3.04. The molecule has 0 spiro atoms. The molecule has 14 heavy (non-hydrogen) atoms. The Labute approximate surface area is 88.7 Å². The van der Waals surface area contributed by atoms with E-state index in [4.69, 9.17) is 16.9 Å². The monoisotopic (exact) mass is 209 g/mol. The number of nitriles is 1. The van der Waals surface area contributed by atoms with Crippen LogP contribution in [-0.2, 0) is 6.42 Å². The lowest BCUT2D eigenvalue weighted by Gasteiger charge is -2.13. The zero-order chi connectivity index (χ0) is 10.9. The molecule has 0 saturated carbocycles. The van der Waals surface area contributed by atoms with Crippen molar-refractivity contribution in [1.29, 1.82) is 5.26 Å². The van der Waals surface area contributed by atoms with Gasteiger partial charge in [0.15, 0.2) is 0 Å². The van der Waals surface area contributed by atoms with Crippen molar-refractivity contribution in [2.75, 3.05) is 0 Å². The molecular weight excluding hydrogens is 198 g/mol. The van der Waals surface area contributed by atoms with Crippen LogP contribution in [0.15, 0.2) is 0 Å². The summed E-state index contributed by atoms with van der Waals surface area (Å²) >= 11 is 6.08. The third kappa shape index (κ3) is 1.56. The first kappa shape index (κ1) is 10.9. The lowest BCUT2D eigenvalue weighted by Crippen LogP contribution is -1.96. The van der Waals surface area contributed by atoms with E-state index in [-0.39, 0.29) is 12.2 Å². The molecular formula is C11H12ClNO. The number of phenols is 1. The lowest BCUT2D eigenvalue weighted by molar-refractivity contribution is 0.464. The largest absolute Gasteiger partial charge is 0.507 e. The second kappa shape index (κ2) is 3.89. The van der Waals surface area contributed by atoms with Gasteiger partial charge in [0.25, 0.3) is 0 Å². The molecule has 1 aromatic rings. The molecule has 1 rings (SSSR count). The fraction of sp³-hybridized carbons (Fsp3) is 0.364. The van der Waals surface area contributed by atoms with Crippen LogP contribution in [0.25, 0.3) is 0 Å². The minimum Gasteiger partial charge on any atom is -0.507 e. The van der Waals surface area contributed by atoms with Gasteiger partial charge >= 0.3 is 0 Å². The summed E-state index contributed by atoms with van der Waals surface area (Å²) in [5.74, 6) is 0.200. The number of benzene rings is 1. The van der Waals surface area contributed by atoms with Crippen molar-refractivity contribution in [1.82, 2.24) is 0 Å². The van der Waals surface area contributed by atoms with Gasteiger partial charge in [-0.1, -0.05) is 11.6 Å². The van der Waals surface area contributed by atoms with E-state index < -0.39 is 0 Å². The molecule has 0 fully saturated rings. The van der Waals surface area contributed by atoms with Gasteiger partial charge in [0.2, 0.25) is 0 Å². The van der Waals surface area contributed by atoms with Crippen molar-refractivity contribution in [2.24, 2.45) is 0 Å². The second-order valence-corrected chi connectivity index (χ2v) is 3.73. The van der Waals surface area contributed by atoms with Crippen LogP contribution < -0.4 is 0 Å². The van der Waals surface area contributed by atoms with E-state index in [1.165, 1.54) is 0 Å². The third-order valence-electron chi connectivity index (χ3n) is 2.57. The molecule has 3 heteroatoms. The molecule has 0 aliphatic heterocycles. The van der Waals surface area contributed by atoms with Crippen LogP contribution in [0.4, 0.5) is 0 Å². The van der Waals surface area contributed by atoms with Crippen molar-refractivity contribution in [3.05, 3.63) is 27.3 Å². The number of hydrogen-bond donors (Lipinski definition) is 1. The highest BCUT2D eigenvalue weighted by Gasteiger charge is 2.14. The van der Waals surface area contributed by atoms with Crippen molar-refractivity contribution in [3.8, 4) is 11.8 Å². The fourth-order valence-corrected chi connectivity index (χ4v) is 1.71. The van der Waals surface area contributed by atoms with E-state index in [0.29, 0.717) is 10.6 Å². The van der Waals surface area contributed by atoms with Crippen molar-refractivity contribution in [3.63, 3.8) is 0 Å². The molecule has 0 atom stereocenters. The van der Waals surface area contributed by atoms with Crippen LogP contribution in [0.1, 0.15) is 22.3 Å². The molecule has 0 amide bonds. The molecule has 0 aromatic heterocycles. The molecule has 0 aliphatic carbocycles. The van der Waals surface area contributed by atoms with Gasteiger partial charge in [-0.3, -0.25) is 0 Å². The zero-order valence-corrected chi connectivity index (χ0v) is 9.24. The average molecular weight is 210 g/mol. The molecule has 0 saturated heterocycles. The Morgan fingerprint density at radius 2 is 1.79 bits per heavy atom. The smallest absolute Gasteiger partial charge is 0.123 e. The maximum absolute atomic E-state index is 9.81. The van der Waals surface area contributed by atoms with Crippen LogP contribution >= 0.6 is 11.6 Å². The Balaban J connectivity index is 3.53. The number of halogens is 1. The summed E-state index contributed by atoms with van der Waals surface area (Å²) in [6.45, 7) is 5.48. The van der Waals surface area contributed by atoms with E-state index in [1.54, 1.807) is 6.92 Å². The summed E-state index contributed by atoms with van der Waals surface area (Å²) in [6.07, 6.45) is 0.193. The lowest BCUT2D eigenvalue weighted by atomic mass is 9.97. The first-order valence-corrected chi connectivity index (χ1v) is 4.72. The molecule has 0 aliphatic rings. The molecule has 0 unspecified atom stereocenters. The Morgan fingerprint density at radius 1 is 1.21 bits per heavy atom. The first-order chi connectivity index (χ1) is 6.50. The van der Waals surface area contributed by atoms with E-state index in [2.05, 4.69) is 0 Å². The number of hydrogen-bond acceptors (Lipinski definition) is 2. The fourth-order valence-electron chi connectivity index (χ4n) is 1.46. The van der Waals surface area contributed by atoms with Crippen molar-refractivity contribution in [2.45, 2.75) is 27.2 Å². The molecule has 74 valence electrons. The first-order valence-electron chi connectivity index (χ1n) is 4.34.